The van der Waals surface area contributed by atoms with Crippen LogP contribution in [0.1, 0.15) is 29.7 Å². The molecule has 2 aliphatic rings. The third-order valence-corrected chi connectivity index (χ3v) is 8.01. The molecule has 1 saturated carbocycles. The molecule has 0 unspecified atom stereocenters. The Hall–Kier alpha value is -2.92. The van der Waals surface area contributed by atoms with Gasteiger partial charge in [0.15, 0.2) is 0 Å². The molecule has 0 bridgehead atoms. The number of aromatic nitrogens is 4. The summed E-state index contributed by atoms with van der Waals surface area (Å²) in [4.78, 5) is 28.7. The van der Waals surface area contributed by atoms with E-state index < -0.39 is 12.6 Å². The molecule has 2 fully saturated rings. The van der Waals surface area contributed by atoms with Crippen LogP contribution in [0.15, 0.2) is 35.4 Å². The number of H-pyrrole nitrogens is 2. The summed E-state index contributed by atoms with van der Waals surface area (Å²) in [5, 5.41) is 4.37. The highest BCUT2D eigenvalue weighted by Crippen LogP contribution is 2.48. The van der Waals surface area contributed by atoms with Crippen molar-refractivity contribution in [1.29, 1.82) is 0 Å². The maximum absolute atomic E-state index is 12.8. The Kier molecular flexibility index (Phi) is 4.96. The number of aromatic amines is 2. The first-order chi connectivity index (χ1) is 16.3. The van der Waals surface area contributed by atoms with Gasteiger partial charge in [0.25, 0.3) is 0 Å². The molecule has 1 atom stereocenters. The van der Waals surface area contributed by atoms with Gasteiger partial charge in [-0.25, -0.2) is 14.8 Å². The molecule has 34 heavy (non-hydrogen) atoms. The van der Waals surface area contributed by atoms with Crippen molar-refractivity contribution < 1.29 is 13.2 Å². The quantitative estimate of drug-likeness (QED) is 0.393. The molecule has 1 aliphatic carbocycles. The minimum atomic E-state index is -4.23. The van der Waals surface area contributed by atoms with Crippen molar-refractivity contribution in [2.45, 2.75) is 44.4 Å². The number of nitrogens with zero attached hydrogens (tertiary/aromatic N) is 3. The number of benzene rings is 1. The molecule has 1 saturated heterocycles. The first-order valence-corrected chi connectivity index (χ1v) is 12.1. The molecule has 4 heterocycles. The van der Waals surface area contributed by atoms with Gasteiger partial charge in [-0.15, -0.1) is 11.3 Å². The van der Waals surface area contributed by atoms with E-state index in [1.165, 1.54) is 6.33 Å². The number of alkyl halides is 3. The summed E-state index contributed by atoms with van der Waals surface area (Å²) in [6, 6.07) is 7.93. The zero-order valence-electron chi connectivity index (χ0n) is 18.2. The maximum atomic E-state index is 12.8. The normalized spacial score (nSPS) is 20.0. The smallest absolute Gasteiger partial charge is 0.355 e. The second-order valence-corrected chi connectivity index (χ2v) is 10.7. The Morgan fingerprint density at radius 2 is 2.00 bits per heavy atom. The van der Waals surface area contributed by atoms with Gasteiger partial charge in [-0.1, -0.05) is 6.07 Å². The minimum Gasteiger partial charge on any atom is -0.355 e. The van der Waals surface area contributed by atoms with Crippen LogP contribution in [-0.4, -0.2) is 45.2 Å². The molecule has 3 N–H and O–H groups in total. The molecule has 1 aromatic carbocycles. The number of hydrogen-bond acceptors (Lipinski definition) is 6. The van der Waals surface area contributed by atoms with E-state index in [0.717, 1.165) is 72.6 Å². The number of hydrogen-bond donors (Lipinski definition) is 3. The van der Waals surface area contributed by atoms with Gasteiger partial charge in [0.1, 0.15) is 17.0 Å². The molecule has 4 aromatic rings. The van der Waals surface area contributed by atoms with Crippen LogP contribution in [0.3, 0.4) is 0 Å². The van der Waals surface area contributed by atoms with Crippen molar-refractivity contribution in [2.75, 3.05) is 18.0 Å². The van der Waals surface area contributed by atoms with Gasteiger partial charge in [0.05, 0.1) is 22.8 Å². The van der Waals surface area contributed by atoms with Gasteiger partial charge in [-0.2, -0.15) is 13.2 Å². The fourth-order valence-corrected chi connectivity index (χ4v) is 6.48. The standard InChI is InChI=1S/C23H23F3N6OS/c24-23(25,26)8-15-6-16-19(28-12-29-20(16)34-15)32-10-22(11-32)4-3-14(7-22)27-9-13-1-2-17-18(5-13)31-21(33)30-17/h1-2,5-6,12,14,27H,3-4,7-11H2,(H2,30,31,33)/t14-/m1/s1. The van der Waals surface area contributed by atoms with E-state index >= 15 is 0 Å². The summed E-state index contributed by atoms with van der Waals surface area (Å²) < 4.78 is 38.5. The molecule has 1 aliphatic heterocycles. The third kappa shape index (κ3) is 4.07. The molecule has 6 rings (SSSR count). The Morgan fingerprint density at radius 1 is 1.18 bits per heavy atom. The Bertz CT molecular complexity index is 1420. The van der Waals surface area contributed by atoms with Crippen molar-refractivity contribution in [3.05, 3.63) is 51.5 Å². The van der Waals surface area contributed by atoms with E-state index in [9.17, 15) is 18.0 Å². The minimum absolute atomic E-state index is 0.202. The second-order valence-electron chi connectivity index (χ2n) is 9.56. The molecule has 11 heteroatoms. The van der Waals surface area contributed by atoms with Gasteiger partial charge in [0.2, 0.25) is 0 Å². The molecule has 0 amide bonds. The van der Waals surface area contributed by atoms with Crippen LogP contribution in [0.2, 0.25) is 0 Å². The van der Waals surface area contributed by atoms with Crippen LogP contribution < -0.4 is 15.9 Å². The number of thiophene rings is 1. The molecular formula is C23H23F3N6OS. The van der Waals surface area contributed by atoms with Crippen molar-refractivity contribution >= 4 is 38.4 Å². The maximum Gasteiger partial charge on any atom is 0.393 e. The molecule has 1 spiro atoms. The average molecular weight is 489 g/mol. The van der Waals surface area contributed by atoms with Crippen LogP contribution in [0, 0.1) is 5.41 Å². The predicted octanol–water partition coefficient (Wildman–Crippen LogP) is 4.11. The van der Waals surface area contributed by atoms with Gasteiger partial charge in [0, 0.05) is 36.0 Å². The van der Waals surface area contributed by atoms with Crippen LogP contribution >= 0.6 is 11.3 Å². The van der Waals surface area contributed by atoms with Crippen LogP contribution in [-0.2, 0) is 13.0 Å². The number of halogens is 3. The lowest BCUT2D eigenvalue weighted by Crippen LogP contribution is -2.56. The van der Waals surface area contributed by atoms with Crippen molar-refractivity contribution in [3.63, 3.8) is 0 Å². The highest BCUT2D eigenvalue weighted by molar-refractivity contribution is 7.18. The number of nitrogens with one attached hydrogen (secondary N) is 3. The molecule has 0 radical (unpaired) electrons. The number of rotatable bonds is 5. The Balaban J connectivity index is 1.09. The SMILES string of the molecule is O=c1[nH]c2ccc(CN[C@@H]3CCC4(C3)CN(c3ncnc5sc(CC(F)(F)F)cc35)C4)cc2[nH]1. The number of anilines is 1. The van der Waals surface area contributed by atoms with E-state index in [2.05, 4.69) is 30.2 Å². The van der Waals surface area contributed by atoms with Crippen molar-refractivity contribution in [3.8, 4) is 0 Å². The third-order valence-electron chi connectivity index (χ3n) is 6.96. The van der Waals surface area contributed by atoms with Gasteiger partial charge in [-0.05, 0) is 43.0 Å². The first-order valence-electron chi connectivity index (χ1n) is 11.2. The van der Waals surface area contributed by atoms with Crippen molar-refractivity contribution in [2.24, 2.45) is 5.41 Å². The highest BCUT2D eigenvalue weighted by atomic mass is 32.1. The summed E-state index contributed by atoms with van der Waals surface area (Å²) in [5.41, 5.74) is 2.75. The Morgan fingerprint density at radius 3 is 2.82 bits per heavy atom. The Labute approximate surface area is 196 Å². The van der Waals surface area contributed by atoms with Gasteiger partial charge < -0.3 is 20.2 Å². The lowest BCUT2D eigenvalue weighted by Gasteiger charge is -2.49. The summed E-state index contributed by atoms with van der Waals surface area (Å²) >= 11 is 1.09. The lowest BCUT2D eigenvalue weighted by molar-refractivity contribution is -0.126. The van der Waals surface area contributed by atoms with E-state index in [1.807, 2.05) is 18.2 Å². The molecule has 7 nitrogen and oxygen atoms in total. The van der Waals surface area contributed by atoms with Gasteiger partial charge in [-0.3, -0.25) is 0 Å². The summed E-state index contributed by atoms with van der Waals surface area (Å²) in [5.74, 6) is 0.741. The van der Waals surface area contributed by atoms with E-state index in [1.54, 1.807) is 6.07 Å². The largest absolute Gasteiger partial charge is 0.393 e. The number of fused-ring (bicyclic) bond motifs is 2. The second kappa shape index (κ2) is 7.81. The van der Waals surface area contributed by atoms with Crippen LogP contribution in [0.25, 0.3) is 21.3 Å². The van der Waals surface area contributed by atoms with E-state index in [0.29, 0.717) is 16.3 Å². The summed E-state index contributed by atoms with van der Waals surface area (Å²) in [6.45, 7) is 2.45. The zero-order chi connectivity index (χ0) is 23.5. The topological polar surface area (TPSA) is 89.7 Å². The lowest BCUT2D eigenvalue weighted by atomic mass is 9.78. The summed E-state index contributed by atoms with van der Waals surface area (Å²) in [7, 11) is 0. The number of imidazole rings is 1. The van der Waals surface area contributed by atoms with Crippen LogP contribution in [0.4, 0.5) is 19.0 Å². The van der Waals surface area contributed by atoms with Crippen molar-refractivity contribution in [1.82, 2.24) is 25.3 Å². The fraction of sp³-hybridized carbons (Fsp3) is 0.435. The van der Waals surface area contributed by atoms with Gasteiger partial charge >= 0.3 is 11.9 Å². The summed E-state index contributed by atoms with van der Waals surface area (Å²) in [6.07, 6.45) is -0.454. The van der Waals surface area contributed by atoms with Crippen LogP contribution in [0.5, 0.6) is 0 Å². The molecular weight excluding hydrogens is 465 g/mol. The molecule has 178 valence electrons. The van der Waals surface area contributed by atoms with E-state index in [4.69, 9.17) is 0 Å². The first kappa shape index (κ1) is 21.6. The fourth-order valence-electron chi connectivity index (χ4n) is 5.46. The predicted molar refractivity (Wildman–Crippen MR) is 125 cm³/mol. The highest BCUT2D eigenvalue weighted by Gasteiger charge is 2.48. The molecule has 3 aromatic heterocycles. The van der Waals surface area contributed by atoms with E-state index in [-0.39, 0.29) is 16.0 Å². The monoisotopic (exact) mass is 488 g/mol. The zero-order valence-corrected chi connectivity index (χ0v) is 19.0. The average Bonchev–Trinajstić information content (AvgIpc) is 3.44.